The van der Waals surface area contributed by atoms with Crippen molar-refractivity contribution in [1.82, 2.24) is 35.0 Å². The Kier molecular flexibility index (Phi) is 6.20. The normalized spacial score (nSPS) is 13.9. The molecule has 0 aliphatic carbocycles. The Morgan fingerprint density at radius 2 is 1.85 bits per heavy atom. The molecule has 0 atom stereocenters. The van der Waals surface area contributed by atoms with Gasteiger partial charge in [0.1, 0.15) is 29.4 Å². The standard InChI is InChI=1S/C31H28FN7O/c1-19-12-20(14-22(32)13-19)29-24-16-28(35-26(24)6-7-34-29)31-30-27(37-38-31)5-4-25(36-30)21-15-23(18-33-17-21)40-11-10-39-8-2-3-9-39/h4-7,12-18,35H,2-3,8-11H2,1H3,(H,37,38). The number of benzene rings is 1. The summed E-state index contributed by atoms with van der Waals surface area (Å²) in [5, 5.41) is 8.56. The number of ether oxygens (including phenoxy) is 1. The number of aryl methyl sites for hydroxylation is 1. The highest BCUT2D eigenvalue weighted by molar-refractivity contribution is 5.99. The molecular weight excluding hydrogens is 505 g/mol. The predicted molar refractivity (Wildman–Crippen MR) is 154 cm³/mol. The van der Waals surface area contributed by atoms with Crippen molar-refractivity contribution < 1.29 is 9.13 Å². The fraction of sp³-hybridized carbons (Fsp3) is 0.226. The molecule has 8 nitrogen and oxygen atoms in total. The minimum absolute atomic E-state index is 0.282. The summed E-state index contributed by atoms with van der Waals surface area (Å²) in [4.78, 5) is 19.8. The number of nitrogens with one attached hydrogen (secondary N) is 2. The molecule has 5 aromatic heterocycles. The number of fused-ring (bicyclic) bond motifs is 2. The van der Waals surface area contributed by atoms with Gasteiger partial charge in [0.25, 0.3) is 0 Å². The van der Waals surface area contributed by atoms with Gasteiger partial charge in [0.2, 0.25) is 0 Å². The van der Waals surface area contributed by atoms with Gasteiger partial charge < -0.3 is 9.72 Å². The first-order valence-electron chi connectivity index (χ1n) is 13.5. The van der Waals surface area contributed by atoms with Crippen LogP contribution in [-0.4, -0.2) is 61.3 Å². The van der Waals surface area contributed by atoms with Gasteiger partial charge in [-0.2, -0.15) is 5.10 Å². The van der Waals surface area contributed by atoms with Gasteiger partial charge in [0, 0.05) is 41.0 Å². The predicted octanol–water partition coefficient (Wildman–Crippen LogP) is 6.15. The Bertz CT molecular complexity index is 1820. The third-order valence-electron chi connectivity index (χ3n) is 7.41. The third-order valence-corrected chi connectivity index (χ3v) is 7.41. The lowest BCUT2D eigenvalue weighted by Crippen LogP contribution is -2.25. The SMILES string of the molecule is Cc1cc(F)cc(-c2nccc3[nH]c(-c4n[nH]c5ccc(-c6cncc(OCCN7CCCC7)c6)nc45)cc23)c1. The van der Waals surface area contributed by atoms with E-state index < -0.39 is 0 Å². The molecule has 0 unspecified atom stereocenters. The lowest BCUT2D eigenvalue weighted by molar-refractivity contribution is 0.237. The molecule has 9 heteroatoms. The van der Waals surface area contributed by atoms with Gasteiger partial charge in [-0.3, -0.25) is 20.0 Å². The highest BCUT2D eigenvalue weighted by Crippen LogP contribution is 2.34. The molecule has 0 radical (unpaired) electrons. The van der Waals surface area contributed by atoms with Gasteiger partial charge >= 0.3 is 0 Å². The van der Waals surface area contributed by atoms with Crippen LogP contribution in [-0.2, 0) is 0 Å². The van der Waals surface area contributed by atoms with E-state index in [0.717, 1.165) is 75.4 Å². The van der Waals surface area contributed by atoms with Crippen LogP contribution < -0.4 is 4.74 Å². The minimum Gasteiger partial charge on any atom is -0.491 e. The van der Waals surface area contributed by atoms with Gasteiger partial charge in [-0.05, 0) is 86.9 Å². The van der Waals surface area contributed by atoms with Gasteiger partial charge in [0.15, 0.2) is 0 Å². The van der Waals surface area contributed by atoms with Crippen LogP contribution >= 0.6 is 0 Å². The van der Waals surface area contributed by atoms with Crippen LogP contribution in [0.3, 0.4) is 0 Å². The quantitative estimate of drug-likeness (QED) is 0.256. The molecule has 6 aromatic rings. The van der Waals surface area contributed by atoms with Crippen molar-refractivity contribution in [3.8, 4) is 39.7 Å². The van der Waals surface area contributed by atoms with Crippen LogP contribution in [0.2, 0.25) is 0 Å². The molecule has 40 heavy (non-hydrogen) atoms. The summed E-state index contributed by atoms with van der Waals surface area (Å²) in [6, 6.07) is 14.8. The van der Waals surface area contributed by atoms with Crippen LogP contribution in [0.5, 0.6) is 5.75 Å². The number of likely N-dealkylation sites (tertiary alicyclic amines) is 1. The first kappa shape index (κ1) is 24.4. The zero-order valence-corrected chi connectivity index (χ0v) is 22.1. The van der Waals surface area contributed by atoms with Crippen molar-refractivity contribution in [3.63, 3.8) is 0 Å². The van der Waals surface area contributed by atoms with Crippen molar-refractivity contribution in [1.29, 1.82) is 0 Å². The maximum atomic E-state index is 14.2. The molecule has 1 fully saturated rings. The molecule has 1 aliphatic rings. The van der Waals surface area contributed by atoms with Gasteiger partial charge in [-0.1, -0.05) is 0 Å². The van der Waals surface area contributed by atoms with Gasteiger partial charge in [-0.25, -0.2) is 9.37 Å². The summed E-state index contributed by atoms with van der Waals surface area (Å²) in [6.45, 7) is 5.73. The summed E-state index contributed by atoms with van der Waals surface area (Å²) < 4.78 is 20.2. The third kappa shape index (κ3) is 4.69. The maximum absolute atomic E-state index is 14.2. The molecule has 1 saturated heterocycles. The Morgan fingerprint density at radius 3 is 2.73 bits per heavy atom. The van der Waals surface area contributed by atoms with E-state index in [1.165, 1.54) is 25.0 Å². The van der Waals surface area contributed by atoms with Crippen molar-refractivity contribution in [3.05, 3.63) is 78.5 Å². The highest BCUT2D eigenvalue weighted by Gasteiger charge is 2.17. The molecule has 6 heterocycles. The number of hydrogen-bond donors (Lipinski definition) is 2. The van der Waals surface area contributed by atoms with Crippen LogP contribution in [0.25, 0.3) is 55.8 Å². The molecule has 7 rings (SSSR count). The second-order valence-electron chi connectivity index (χ2n) is 10.3. The summed E-state index contributed by atoms with van der Waals surface area (Å²) in [5.74, 6) is 0.449. The number of aromatic nitrogens is 6. The van der Waals surface area contributed by atoms with Crippen molar-refractivity contribution >= 4 is 21.9 Å². The summed E-state index contributed by atoms with van der Waals surface area (Å²) >= 11 is 0. The zero-order valence-electron chi connectivity index (χ0n) is 22.1. The minimum atomic E-state index is -0.282. The fourth-order valence-electron chi connectivity index (χ4n) is 5.47. The van der Waals surface area contributed by atoms with E-state index in [0.29, 0.717) is 18.0 Å². The van der Waals surface area contributed by atoms with E-state index >= 15 is 0 Å². The van der Waals surface area contributed by atoms with E-state index in [2.05, 4.69) is 30.0 Å². The zero-order chi connectivity index (χ0) is 27.1. The molecule has 0 spiro atoms. The second-order valence-corrected chi connectivity index (χ2v) is 10.3. The van der Waals surface area contributed by atoms with Crippen molar-refractivity contribution in [2.24, 2.45) is 0 Å². The lowest BCUT2D eigenvalue weighted by atomic mass is 10.0. The average Bonchev–Trinajstić information content (AvgIpc) is 3.71. The second kappa shape index (κ2) is 10.2. The number of pyridine rings is 3. The summed E-state index contributed by atoms with van der Waals surface area (Å²) in [6.07, 6.45) is 7.80. The molecule has 1 aliphatic heterocycles. The van der Waals surface area contributed by atoms with E-state index in [1.807, 2.05) is 43.3 Å². The van der Waals surface area contributed by atoms with Crippen molar-refractivity contribution in [2.45, 2.75) is 19.8 Å². The smallest absolute Gasteiger partial charge is 0.138 e. The largest absolute Gasteiger partial charge is 0.491 e. The monoisotopic (exact) mass is 533 g/mol. The Hall–Kier alpha value is -4.63. The van der Waals surface area contributed by atoms with E-state index in [9.17, 15) is 4.39 Å². The molecule has 2 N–H and O–H groups in total. The van der Waals surface area contributed by atoms with E-state index in [4.69, 9.17) is 9.72 Å². The van der Waals surface area contributed by atoms with Crippen LogP contribution in [0, 0.1) is 12.7 Å². The number of rotatable bonds is 7. The molecular formula is C31H28FN7O. The Morgan fingerprint density at radius 1 is 0.950 bits per heavy atom. The first-order valence-corrected chi connectivity index (χ1v) is 13.5. The summed E-state index contributed by atoms with van der Waals surface area (Å²) in [7, 11) is 0. The van der Waals surface area contributed by atoms with Crippen LogP contribution in [0.1, 0.15) is 18.4 Å². The summed E-state index contributed by atoms with van der Waals surface area (Å²) in [5.41, 5.74) is 7.87. The van der Waals surface area contributed by atoms with E-state index in [-0.39, 0.29) is 5.82 Å². The van der Waals surface area contributed by atoms with Crippen LogP contribution in [0.4, 0.5) is 4.39 Å². The Labute approximate surface area is 230 Å². The molecule has 0 amide bonds. The number of nitrogens with zero attached hydrogens (tertiary/aromatic N) is 5. The maximum Gasteiger partial charge on any atom is 0.138 e. The topological polar surface area (TPSA) is 95.6 Å². The lowest BCUT2D eigenvalue weighted by Gasteiger charge is -2.15. The number of hydrogen-bond acceptors (Lipinski definition) is 6. The van der Waals surface area contributed by atoms with Crippen molar-refractivity contribution in [2.75, 3.05) is 26.2 Å². The van der Waals surface area contributed by atoms with Gasteiger partial charge in [-0.15, -0.1) is 0 Å². The number of H-pyrrole nitrogens is 2. The van der Waals surface area contributed by atoms with E-state index in [1.54, 1.807) is 18.6 Å². The van der Waals surface area contributed by atoms with Crippen LogP contribution in [0.15, 0.2) is 67.1 Å². The number of aromatic amines is 2. The molecule has 1 aromatic carbocycles. The fourth-order valence-corrected chi connectivity index (χ4v) is 5.47. The first-order chi connectivity index (χ1) is 19.6. The number of halogens is 1. The molecule has 0 bridgehead atoms. The Balaban J connectivity index is 1.21. The van der Waals surface area contributed by atoms with Gasteiger partial charge in [0.05, 0.1) is 28.8 Å². The highest BCUT2D eigenvalue weighted by atomic mass is 19.1. The average molecular weight is 534 g/mol. The molecule has 200 valence electrons. The molecule has 0 saturated carbocycles.